The maximum Gasteiger partial charge on any atom is 0.0969 e. The molecular weight excluding hydrogens is 220 g/mol. The molecule has 0 aliphatic heterocycles. The molecule has 16 heavy (non-hydrogen) atoms. The summed E-state index contributed by atoms with van der Waals surface area (Å²) in [6.45, 7) is 0.739. The standard InChI is InChI=1S/C11H14N4S/c1-12-7-9-8-15(14-13-9)10-3-5-11(16-2)6-4-10/h3-6,8,12H,7H2,1-2H3. The van der Waals surface area contributed by atoms with Gasteiger partial charge in [0.05, 0.1) is 17.6 Å². The minimum Gasteiger partial charge on any atom is -0.314 e. The second-order valence-corrected chi connectivity index (χ2v) is 4.26. The molecule has 5 heteroatoms. The zero-order valence-electron chi connectivity index (χ0n) is 9.34. The molecule has 0 radical (unpaired) electrons. The predicted molar refractivity (Wildman–Crippen MR) is 65.9 cm³/mol. The van der Waals surface area contributed by atoms with Crippen LogP contribution in [0.2, 0.25) is 0 Å². The molecule has 2 aromatic rings. The summed E-state index contributed by atoms with van der Waals surface area (Å²) >= 11 is 1.73. The summed E-state index contributed by atoms with van der Waals surface area (Å²) in [6.07, 6.45) is 4.00. The van der Waals surface area contributed by atoms with E-state index >= 15 is 0 Å². The van der Waals surface area contributed by atoms with E-state index in [0.717, 1.165) is 17.9 Å². The van der Waals surface area contributed by atoms with Gasteiger partial charge in [-0.15, -0.1) is 16.9 Å². The molecule has 4 nitrogen and oxygen atoms in total. The van der Waals surface area contributed by atoms with Gasteiger partial charge >= 0.3 is 0 Å². The topological polar surface area (TPSA) is 42.7 Å². The number of benzene rings is 1. The van der Waals surface area contributed by atoms with Gasteiger partial charge in [-0.25, -0.2) is 4.68 Å². The molecule has 0 aliphatic carbocycles. The fraction of sp³-hybridized carbons (Fsp3) is 0.273. The van der Waals surface area contributed by atoms with Crippen molar-refractivity contribution in [1.82, 2.24) is 20.3 Å². The maximum absolute atomic E-state index is 4.08. The van der Waals surface area contributed by atoms with Gasteiger partial charge in [-0.05, 0) is 37.6 Å². The average Bonchev–Trinajstić information content (AvgIpc) is 2.78. The lowest BCUT2D eigenvalue weighted by molar-refractivity contribution is 0.767. The number of nitrogens with one attached hydrogen (secondary N) is 1. The van der Waals surface area contributed by atoms with Crippen molar-refractivity contribution in [2.45, 2.75) is 11.4 Å². The average molecular weight is 234 g/mol. The SMILES string of the molecule is CNCc1cn(-c2ccc(SC)cc2)nn1. The number of thioether (sulfide) groups is 1. The number of rotatable bonds is 4. The van der Waals surface area contributed by atoms with Crippen LogP contribution in [-0.2, 0) is 6.54 Å². The zero-order valence-corrected chi connectivity index (χ0v) is 10.2. The van der Waals surface area contributed by atoms with Crippen molar-refractivity contribution in [3.8, 4) is 5.69 Å². The first-order valence-electron chi connectivity index (χ1n) is 5.03. The van der Waals surface area contributed by atoms with E-state index in [-0.39, 0.29) is 0 Å². The molecule has 1 aromatic carbocycles. The summed E-state index contributed by atoms with van der Waals surface area (Å²) in [4.78, 5) is 1.25. The second-order valence-electron chi connectivity index (χ2n) is 3.38. The van der Waals surface area contributed by atoms with E-state index in [1.54, 1.807) is 16.4 Å². The molecule has 1 aromatic heterocycles. The van der Waals surface area contributed by atoms with Crippen LogP contribution in [0.15, 0.2) is 35.4 Å². The molecule has 0 amide bonds. The van der Waals surface area contributed by atoms with Crippen LogP contribution < -0.4 is 5.32 Å². The molecular formula is C11H14N4S. The molecule has 0 aliphatic rings. The van der Waals surface area contributed by atoms with Crippen molar-refractivity contribution < 1.29 is 0 Å². The van der Waals surface area contributed by atoms with Gasteiger partial charge in [-0.3, -0.25) is 0 Å². The van der Waals surface area contributed by atoms with Crippen LogP contribution in [0.25, 0.3) is 5.69 Å². The van der Waals surface area contributed by atoms with Crippen LogP contribution in [0.1, 0.15) is 5.69 Å². The Kier molecular flexibility index (Phi) is 3.58. The lowest BCUT2D eigenvalue weighted by Crippen LogP contribution is -2.04. The Hall–Kier alpha value is -1.33. The van der Waals surface area contributed by atoms with Gasteiger partial charge in [0.1, 0.15) is 0 Å². The third-order valence-corrected chi connectivity index (χ3v) is 2.98. The third-order valence-electron chi connectivity index (χ3n) is 2.24. The van der Waals surface area contributed by atoms with Crippen LogP contribution in [0, 0.1) is 0 Å². The lowest BCUT2D eigenvalue weighted by Gasteiger charge is -2.00. The summed E-state index contributed by atoms with van der Waals surface area (Å²) in [5, 5.41) is 11.2. The minimum atomic E-state index is 0.739. The molecule has 1 heterocycles. The molecule has 0 fully saturated rings. The normalized spacial score (nSPS) is 10.6. The van der Waals surface area contributed by atoms with Gasteiger partial charge in [-0.1, -0.05) is 5.21 Å². The molecule has 1 N–H and O–H groups in total. The highest BCUT2D eigenvalue weighted by molar-refractivity contribution is 7.98. The zero-order chi connectivity index (χ0) is 11.4. The van der Waals surface area contributed by atoms with E-state index in [9.17, 15) is 0 Å². The quantitative estimate of drug-likeness (QED) is 0.818. The van der Waals surface area contributed by atoms with E-state index < -0.39 is 0 Å². The lowest BCUT2D eigenvalue weighted by atomic mass is 10.3. The Morgan fingerprint density at radius 2 is 2.06 bits per heavy atom. The van der Waals surface area contributed by atoms with Crippen molar-refractivity contribution in [3.63, 3.8) is 0 Å². The third kappa shape index (κ3) is 2.43. The van der Waals surface area contributed by atoms with E-state index in [0.29, 0.717) is 0 Å². The first-order valence-corrected chi connectivity index (χ1v) is 6.26. The highest BCUT2D eigenvalue weighted by Gasteiger charge is 2.01. The van der Waals surface area contributed by atoms with E-state index in [1.165, 1.54) is 4.90 Å². The number of hydrogen-bond donors (Lipinski definition) is 1. The number of aromatic nitrogens is 3. The van der Waals surface area contributed by atoms with E-state index in [2.05, 4.69) is 34.0 Å². The fourth-order valence-corrected chi connectivity index (χ4v) is 1.83. The molecule has 0 spiro atoms. The number of hydrogen-bond acceptors (Lipinski definition) is 4. The summed E-state index contributed by atoms with van der Waals surface area (Å²) in [7, 11) is 1.90. The van der Waals surface area contributed by atoms with Gasteiger partial charge in [-0.2, -0.15) is 0 Å². The predicted octanol–water partition coefficient (Wildman–Crippen LogP) is 1.71. The Morgan fingerprint density at radius 3 is 2.69 bits per heavy atom. The molecule has 0 bridgehead atoms. The first kappa shape index (κ1) is 11.2. The summed E-state index contributed by atoms with van der Waals surface area (Å²) in [6, 6.07) is 8.26. The Balaban J connectivity index is 2.21. The summed E-state index contributed by atoms with van der Waals surface area (Å²) in [5.41, 5.74) is 1.98. The highest BCUT2D eigenvalue weighted by atomic mass is 32.2. The van der Waals surface area contributed by atoms with Crippen LogP contribution >= 0.6 is 11.8 Å². The van der Waals surface area contributed by atoms with Crippen molar-refractivity contribution in [2.75, 3.05) is 13.3 Å². The van der Waals surface area contributed by atoms with E-state index in [4.69, 9.17) is 0 Å². The molecule has 2 rings (SSSR count). The Bertz CT molecular complexity index is 449. The molecule has 0 saturated carbocycles. The van der Waals surface area contributed by atoms with Crippen LogP contribution in [0.4, 0.5) is 0 Å². The maximum atomic E-state index is 4.08. The minimum absolute atomic E-state index is 0.739. The first-order chi connectivity index (χ1) is 7.83. The Morgan fingerprint density at radius 1 is 1.31 bits per heavy atom. The van der Waals surface area contributed by atoms with Crippen molar-refractivity contribution in [1.29, 1.82) is 0 Å². The second kappa shape index (κ2) is 5.14. The fourth-order valence-electron chi connectivity index (χ4n) is 1.42. The number of nitrogens with zero attached hydrogens (tertiary/aromatic N) is 3. The van der Waals surface area contributed by atoms with Crippen LogP contribution in [-0.4, -0.2) is 28.3 Å². The summed E-state index contributed by atoms with van der Waals surface area (Å²) in [5.74, 6) is 0. The Labute approximate surface area is 99.1 Å². The highest BCUT2D eigenvalue weighted by Crippen LogP contribution is 2.16. The van der Waals surface area contributed by atoms with Crippen molar-refractivity contribution >= 4 is 11.8 Å². The molecule has 0 saturated heterocycles. The smallest absolute Gasteiger partial charge is 0.0969 e. The van der Waals surface area contributed by atoms with E-state index in [1.807, 2.05) is 25.4 Å². The van der Waals surface area contributed by atoms with Crippen molar-refractivity contribution in [3.05, 3.63) is 36.2 Å². The van der Waals surface area contributed by atoms with Crippen molar-refractivity contribution in [2.24, 2.45) is 0 Å². The monoisotopic (exact) mass is 234 g/mol. The largest absolute Gasteiger partial charge is 0.314 e. The van der Waals surface area contributed by atoms with Crippen LogP contribution in [0.5, 0.6) is 0 Å². The molecule has 0 unspecified atom stereocenters. The van der Waals surface area contributed by atoms with Gasteiger partial charge in [0.2, 0.25) is 0 Å². The summed E-state index contributed by atoms with van der Waals surface area (Å²) < 4.78 is 1.79. The van der Waals surface area contributed by atoms with Gasteiger partial charge in [0.25, 0.3) is 0 Å². The van der Waals surface area contributed by atoms with Gasteiger partial charge in [0, 0.05) is 11.4 Å². The van der Waals surface area contributed by atoms with Gasteiger partial charge in [0.15, 0.2) is 0 Å². The van der Waals surface area contributed by atoms with Crippen LogP contribution in [0.3, 0.4) is 0 Å². The molecule has 0 atom stereocenters. The van der Waals surface area contributed by atoms with Gasteiger partial charge < -0.3 is 5.32 Å². The molecule has 84 valence electrons.